The average Bonchev–Trinajstić information content (AvgIpc) is 3.11. The Morgan fingerprint density at radius 2 is 2.14 bits per heavy atom. The second-order valence-electron chi connectivity index (χ2n) is 5.21. The minimum absolute atomic E-state index is 0.385. The van der Waals surface area contributed by atoms with Crippen LogP contribution in [0.3, 0.4) is 0 Å². The smallest absolute Gasteiger partial charge is 0.185 e. The van der Waals surface area contributed by atoms with Crippen LogP contribution in [0.15, 0.2) is 18.2 Å². The van der Waals surface area contributed by atoms with Gasteiger partial charge in [-0.1, -0.05) is 30.5 Å². The third-order valence-electron chi connectivity index (χ3n) is 3.76. The first kappa shape index (κ1) is 14.3. The maximum absolute atomic E-state index is 6.21. The van der Waals surface area contributed by atoms with E-state index in [9.17, 15) is 0 Å². The Bertz CT molecular complexity index is 589. The standard InChI is InChI=1S/C14H18ClN5O/c15-11-6-3-7-12(16)13(11)14-17-18-19-20(14)8-9-21-10-4-1-2-5-10/h3,6-7,10H,1-2,4-5,8-9,16H2. The van der Waals surface area contributed by atoms with Crippen molar-refractivity contribution < 1.29 is 4.74 Å². The Balaban J connectivity index is 1.71. The Hall–Kier alpha value is -1.66. The fourth-order valence-electron chi connectivity index (χ4n) is 2.67. The van der Waals surface area contributed by atoms with Gasteiger partial charge in [0.2, 0.25) is 0 Å². The topological polar surface area (TPSA) is 78.9 Å². The van der Waals surface area contributed by atoms with E-state index in [-0.39, 0.29) is 0 Å². The van der Waals surface area contributed by atoms with Gasteiger partial charge in [-0.05, 0) is 35.4 Å². The van der Waals surface area contributed by atoms with Crippen molar-refractivity contribution in [3.05, 3.63) is 23.2 Å². The number of nitrogen functional groups attached to an aromatic ring is 1. The van der Waals surface area contributed by atoms with Crippen LogP contribution in [0, 0.1) is 0 Å². The number of nitrogens with two attached hydrogens (primary N) is 1. The van der Waals surface area contributed by atoms with Crippen LogP contribution in [-0.2, 0) is 11.3 Å². The quantitative estimate of drug-likeness (QED) is 0.859. The highest BCUT2D eigenvalue weighted by atomic mass is 35.5. The van der Waals surface area contributed by atoms with Crippen molar-refractivity contribution in [3.8, 4) is 11.4 Å². The molecule has 1 aliphatic carbocycles. The van der Waals surface area contributed by atoms with E-state index in [0.717, 1.165) is 12.8 Å². The third kappa shape index (κ3) is 3.16. The molecular formula is C14H18ClN5O. The van der Waals surface area contributed by atoms with Gasteiger partial charge in [0.1, 0.15) is 0 Å². The summed E-state index contributed by atoms with van der Waals surface area (Å²) in [5.41, 5.74) is 7.22. The summed E-state index contributed by atoms with van der Waals surface area (Å²) in [5, 5.41) is 12.3. The van der Waals surface area contributed by atoms with E-state index >= 15 is 0 Å². The molecule has 1 aliphatic rings. The van der Waals surface area contributed by atoms with Gasteiger partial charge in [0.15, 0.2) is 5.82 Å². The highest BCUT2D eigenvalue weighted by Crippen LogP contribution is 2.31. The van der Waals surface area contributed by atoms with Crippen LogP contribution in [-0.4, -0.2) is 32.9 Å². The first-order valence-electron chi connectivity index (χ1n) is 7.18. The molecule has 1 aromatic heterocycles. The number of aromatic nitrogens is 4. The molecule has 0 saturated heterocycles. The number of ether oxygens (including phenoxy) is 1. The first-order chi connectivity index (χ1) is 10.3. The normalized spacial score (nSPS) is 15.7. The predicted octanol–water partition coefficient (Wildman–Crippen LogP) is 2.53. The lowest BCUT2D eigenvalue weighted by molar-refractivity contribution is 0.0514. The number of tetrazole rings is 1. The SMILES string of the molecule is Nc1cccc(Cl)c1-c1nnnn1CCOC1CCCC1. The molecule has 1 saturated carbocycles. The van der Waals surface area contributed by atoms with Crippen LogP contribution in [0.1, 0.15) is 25.7 Å². The van der Waals surface area contributed by atoms with Crippen molar-refractivity contribution in [2.75, 3.05) is 12.3 Å². The van der Waals surface area contributed by atoms with Crippen molar-refractivity contribution >= 4 is 17.3 Å². The molecule has 0 amide bonds. The maximum atomic E-state index is 6.21. The van der Waals surface area contributed by atoms with Gasteiger partial charge in [-0.3, -0.25) is 0 Å². The molecule has 7 heteroatoms. The van der Waals surface area contributed by atoms with Gasteiger partial charge < -0.3 is 10.5 Å². The lowest BCUT2D eigenvalue weighted by atomic mass is 10.1. The Morgan fingerprint density at radius 3 is 2.90 bits per heavy atom. The molecule has 2 aromatic rings. The third-order valence-corrected chi connectivity index (χ3v) is 4.08. The molecule has 6 nitrogen and oxygen atoms in total. The van der Waals surface area contributed by atoms with Crippen molar-refractivity contribution in [3.63, 3.8) is 0 Å². The van der Waals surface area contributed by atoms with Gasteiger partial charge in [0.25, 0.3) is 0 Å². The van der Waals surface area contributed by atoms with E-state index in [0.29, 0.717) is 41.4 Å². The number of hydrogen-bond donors (Lipinski definition) is 1. The number of nitrogens with zero attached hydrogens (tertiary/aromatic N) is 4. The highest BCUT2D eigenvalue weighted by molar-refractivity contribution is 6.33. The van der Waals surface area contributed by atoms with Gasteiger partial charge in [0.05, 0.1) is 29.8 Å². The number of rotatable bonds is 5. The van der Waals surface area contributed by atoms with Gasteiger partial charge in [-0.2, -0.15) is 0 Å². The van der Waals surface area contributed by atoms with Crippen molar-refractivity contribution in [1.82, 2.24) is 20.2 Å². The monoisotopic (exact) mass is 307 g/mol. The Labute approximate surface area is 128 Å². The predicted molar refractivity (Wildman–Crippen MR) is 80.9 cm³/mol. The molecule has 0 unspecified atom stereocenters. The van der Waals surface area contributed by atoms with Crippen LogP contribution < -0.4 is 5.73 Å². The molecule has 0 radical (unpaired) electrons. The highest BCUT2D eigenvalue weighted by Gasteiger charge is 2.17. The van der Waals surface area contributed by atoms with Crippen LogP contribution in [0.5, 0.6) is 0 Å². The van der Waals surface area contributed by atoms with Gasteiger partial charge in [-0.25, -0.2) is 4.68 Å². The molecule has 1 fully saturated rings. The zero-order valence-corrected chi connectivity index (χ0v) is 12.5. The van der Waals surface area contributed by atoms with Gasteiger partial charge in [-0.15, -0.1) is 5.10 Å². The maximum Gasteiger partial charge on any atom is 0.185 e. The van der Waals surface area contributed by atoms with E-state index in [1.165, 1.54) is 12.8 Å². The average molecular weight is 308 g/mol. The minimum atomic E-state index is 0.385. The van der Waals surface area contributed by atoms with Crippen molar-refractivity contribution in [1.29, 1.82) is 0 Å². The zero-order valence-electron chi connectivity index (χ0n) is 11.7. The molecular weight excluding hydrogens is 290 g/mol. The lowest BCUT2D eigenvalue weighted by Crippen LogP contribution is -2.15. The number of anilines is 1. The molecule has 0 spiro atoms. The summed E-state index contributed by atoms with van der Waals surface area (Å²) in [6.07, 6.45) is 5.21. The summed E-state index contributed by atoms with van der Waals surface area (Å²) in [6, 6.07) is 5.37. The summed E-state index contributed by atoms with van der Waals surface area (Å²) >= 11 is 6.21. The summed E-state index contributed by atoms with van der Waals surface area (Å²) < 4.78 is 7.53. The molecule has 1 aromatic carbocycles. The molecule has 3 rings (SSSR count). The molecule has 0 atom stereocenters. The summed E-state index contributed by atoms with van der Waals surface area (Å²) in [4.78, 5) is 0. The molecule has 0 aliphatic heterocycles. The van der Waals surface area contributed by atoms with E-state index < -0.39 is 0 Å². The second kappa shape index (κ2) is 6.41. The van der Waals surface area contributed by atoms with Crippen LogP contribution >= 0.6 is 11.6 Å². The molecule has 112 valence electrons. The summed E-state index contributed by atoms with van der Waals surface area (Å²) in [5.74, 6) is 0.577. The fourth-order valence-corrected chi connectivity index (χ4v) is 2.94. The Morgan fingerprint density at radius 1 is 1.33 bits per heavy atom. The van der Waals surface area contributed by atoms with Crippen LogP contribution in [0.4, 0.5) is 5.69 Å². The molecule has 21 heavy (non-hydrogen) atoms. The summed E-state index contributed by atoms with van der Waals surface area (Å²) in [6.45, 7) is 1.18. The van der Waals surface area contributed by atoms with E-state index in [1.54, 1.807) is 22.9 Å². The zero-order chi connectivity index (χ0) is 14.7. The van der Waals surface area contributed by atoms with Crippen LogP contribution in [0.25, 0.3) is 11.4 Å². The van der Waals surface area contributed by atoms with Gasteiger partial charge in [0, 0.05) is 5.69 Å². The minimum Gasteiger partial charge on any atom is -0.398 e. The second-order valence-corrected chi connectivity index (χ2v) is 5.61. The lowest BCUT2D eigenvalue weighted by Gasteiger charge is -2.12. The van der Waals surface area contributed by atoms with Crippen LogP contribution in [0.2, 0.25) is 5.02 Å². The summed E-state index contributed by atoms with van der Waals surface area (Å²) in [7, 11) is 0. The van der Waals surface area contributed by atoms with E-state index in [4.69, 9.17) is 22.1 Å². The number of halogens is 1. The molecule has 0 bridgehead atoms. The largest absolute Gasteiger partial charge is 0.398 e. The van der Waals surface area contributed by atoms with E-state index in [1.807, 2.05) is 0 Å². The Kier molecular flexibility index (Phi) is 4.36. The van der Waals surface area contributed by atoms with Gasteiger partial charge >= 0.3 is 0 Å². The number of benzene rings is 1. The van der Waals surface area contributed by atoms with Crippen molar-refractivity contribution in [2.45, 2.75) is 38.3 Å². The van der Waals surface area contributed by atoms with Crippen molar-refractivity contribution in [2.24, 2.45) is 0 Å². The number of hydrogen-bond acceptors (Lipinski definition) is 5. The fraction of sp³-hybridized carbons (Fsp3) is 0.500. The first-order valence-corrected chi connectivity index (χ1v) is 7.55. The molecule has 1 heterocycles. The van der Waals surface area contributed by atoms with E-state index in [2.05, 4.69) is 15.5 Å². The molecule has 2 N–H and O–H groups in total.